The summed E-state index contributed by atoms with van der Waals surface area (Å²) in [7, 11) is 5.15. The van der Waals surface area contributed by atoms with Gasteiger partial charge >= 0.3 is 5.97 Å². The Hall–Kier alpha value is -2.86. The third kappa shape index (κ3) is 4.17. The predicted molar refractivity (Wildman–Crippen MR) is 122 cm³/mol. The standard InChI is InChI=1S/C25H26FNO3S/c1-27(24-21(29-2)15-22(31-24)16-7-5-4-6-8-16)20-14-13-19(25(28)30-3)23(20)17-9-11-18(26)12-10-17/h4-12,15,19-20,23H,13-14H2,1-3H3. The third-order valence-electron chi connectivity index (χ3n) is 6.16. The first-order valence-electron chi connectivity index (χ1n) is 10.3. The van der Waals surface area contributed by atoms with Crippen molar-refractivity contribution in [3.8, 4) is 16.2 Å². The van der Waals surface area contributed by atoms with Crippen molar-refractivity contribution in [2.45, 2.75) is 24.8 Å². The number of carbonyl (C=O) groups excluding carboxylic acids is 1. The van der Waals surface area contributed by atoms with Crippen molar-refractivity contribution < 1.29 is 18.7 Å². The van der Waals surface area contributed by atoms with E-state index in [1.807, 2.05) is 25.2 Å². The molecular formula is C25H26FNO3S. The van der Waals surface area contributed by atoms with E-state index in [0.29, 0.717) is 0 Å². The maximum absolute atomic E-state index is 13.6. The van der Waals surface area contributed by atoms with Crippen LogP contribution in [-0.4, -0.2) is 33.3 Å². The van der Waals surface area contributed by atoms with E-state index in [2.05, 4.69) is 23.1 Å². The molecule has 0 N–H and O–H groups in total. The molecule has 0 saturated heterocycles. The second-order valence-electron chi connectivity index (χ2n) is 7.81. The molecule has 0 spiro atoms. The summed E-state index contributed by atoms with van der Waals surface area (Å²) in [6.45, 7) is 0. The van der Waals surface area contributed by atoms with Crippen molar-refractivity contribution in [2.75, 3.05) is 26.2 Å². The molecule has 3 unspecified atom stereocenters. The van der Waals surface area contributed by atoms with Crippen molar-refractivity contribution in [1.29, 1.82) is 0 Å². The number of carbonyl (C=O) groups is 1. The van der Waals surface area contributed by atoms with Gasteiger partial charge in [-0.25, -0.2) is 4.39 Å². The summed E-state index contributed by atoms with van der Waals surface area (Å²) in [5, 5.41) is 1.02. The maximum atomic E-state index is 13.6. The first kappa shape index (κ1) is 21.4. The number of anilines is 1. The number of thiophene rings is 1. The lowest BCUT2D eigenvalue weighted by Crippen LogP contribution is -2.36. The lowest BCUT2D eigenvalue weighted by Gasteiger charge is -2.32. The highest BCUT2D eigenvalue weighted by atomic mass is 32.1. The number of esters is 1. The Labute approximate surface area is 186 Å². The van der Waals surface area contributed by atoms with Gasteiger partial charge in [0, 0.05) is 30.0 Å². The van der Waals surface area contributed by atoms with Crippen LogP contribution in [0, 0.1) is 11.7 Å². The SMILES string of the molecule is COC(=O)C1CCC(N(C)c2sc(-c3ccccc3)cc2OC)C1c1ccc(F)cc1. The second-order valence-corrected chi connectivity index (χ2v) is 8.84. The zero-order valence-corrected chi connectivity index (χ0v) is 18.7. The van der Waals surface area contributed by atoms with E-state index in [0.717, 1.165) is 39.6 Å². The molecule has 4 rings (SSSR count). The van der Waals surface area contributed by atoms with E-state index in [4.69, 9.17) is 9.47 Å². The first-order valence-corrected chi connectivity index (χ1v) is 11.1. The maximum Gasteiger partial charge on any atom is 0.309 e. The number of likely N-dealkylation sites (N-methyl/N-ethyl adjacent to an activating group) is 1. The van der Waals surface area contributed by atoms with Crippen LogP contribution >= 0.6 is 11.3 Å². The number of hydrogen-bond donors (Lipinski definition) is 0. The van der Waals surface area contributed by atoms with Crippen LogP contribution in [0.3, 0.4) is 0 Å². The molecular weight excluding hydrogens is 413 g/mol. The number of methoxy groups -OCH3 is 2. The van der Waals surface area contributed by atoms with Gasteiger partial charge in [-0.1, -0.05) is 42.5 Å². The molecule has 1 aliphatic rings. The first-order chi connectivity index (χ1) is 15.0. The Balaban J connectivity index is 1.71. The molecule has 1 saturated carbocycles. The summed E-state index contributed by atoms with van der Waals surface area (Å²) in [5.74, 6) is -0.0414. The minimum Gasteiger partial charge on any atom is -0.494 e. The summed E-state index contributed by atoms with van der Waals surface area (Å²) in [4.78, 5) is 15.9. The fourth-order valence-corrected chi connectivity index (χ4v) is 5.77. The highest BCUT2D eigenvalue weighted by Crippen LogP contribution is 2.49. The third-order valence-corrected chi connectivity index (χ3v) is 7.41. The molecule has 6 heteroatoms. The number of benzene rings is 2. The van der Waals surface area contributed by atoms with Gasteiger partial charge in [-0.2, -0.15) is 0 Å². The normalized spacial score (nSPS) is 20.5. The van der Waals surface area contributed by atoms with E-state index >= 15 is 0 Å². The molecule has 1 heterocycles. The minimum atomic E-state index is -0.284. The topological polar surface area (TPSA) is 38.8 Å². The summed E-state index contributed by atoms with van der Waals surface area (Å²) in [6, 6.07) is 18.8. The van der Waals surface area contributed by atoms with Gasteiger partial charge in [-0.05, 0) is 36.1 Å². The molecule has 1 aliphatic carbocycles. The van der Waals surface area contributed by atoms with Gasteiger partial charge in [0.2, 0.25) is 0 Å². The van der Waals surface area contributed by atoms with Crippen molar-refractivity contribution in [2.24, 2.45) is 5.92 Å². The molecule has 4 nitrogen and oxygen atoms in total. The Bertz CT molecular complexity index is 1030. The summed E-state index contributed by atoms with van der Waals surface area (Å²) < 4.78 is 24.4. The zero-order chi connectivity index (χ0) is 22.0. The summed E-state index contributed by atoms with van der Waals surface area (Å²) in [5.41, 5.74) is 2.09. The van der Waals surface area contributed by atoms with E-state index in [1.54, 1.807) is 30.6 Å². The van der Waals surface area contributed by atoms with E-state index in [-0.39, 0.29) is 29.7 Å². The van der Waals surface area contributed by atoms with Gasteiger partial charge in [0.05, 0.1) is 20.1 Å². The monoisotopic (exact) mass is 439 g/mol. The van der Waals surface area contributed by atoms with Crippen LogP contribution in [0.4, 0.5) is 9.39 Å². The van der Waals surface area contributed by atoms with Crippen molar-refractivity contribution in [1.82, 2.24) is 0 Å². The highest BCUT2D eigenvalue weighted by Gasteiger charge is 2.44. The van der Waals surface area contributed by atoms with E-state index in [9.17, 15) is 9.18 Å². The van der Waals surface area contributed by atoms with Crippen LogP contribution < -0.4 is 9.64 Å². The lowest BCUT2D eigenvalue weighted by molar-refractivity contribution is -0.145. The smallest absolute Gasteiger partial charge is 0.309 e. The molecule has 0 bridgehead atoms. The van der Waals surface area contributed by atoms with Gasteiger partial charge in [0.15, 0.2) is 5.75 Å². The van der Waals surface area contributed by atoms with Gasteiger partial charge in [0.1, 0.15) is 10.8 Å². The van der Waals surface area contributed by atoms with Crippen molar-refractivity contribution >= 4 is 22.3 Å². The largest absolute Gasteiger partial charge is 0.494 e. The fourth-order valence-electron chi connectivity index (χ4n) is 4.62. The van der Waals surface area contributed by atoms with Crippen molar-refractivity contribution in [3.05, 3.63) is 72.0 Å². The molecule has 2 aromatic carbocycles. The van der Waals surface area contributed by atoms with Crippen LogP contribution in [0.15, 0.2) is 60.7 Å². The number of hydrogen-bond acceptors (Lipinski definition) is 5. The Morgan fingerprint density at radius 2 is 1.77 bits per heavy atom. The molecule has 0 amide bonds. The summed E-state index contributed by atoms with van der Waals surface area (Å²) >= 11 is 1.67. The highest BCUT2D eigenvalue weighted by molar-refractivity contribution is 7.19. The predicted octanol–water partition coefficient (Wildman–Crippen LogP) is 5.73. The number of nitrogens with zero attached hydrogens (tertiary/aromatic N) is 1. The quantitative estimate of drug-likeness (QED) is 0.460. The van der Waals surface area contributed by atoms with Crippen LogP contribution in [-0.2, 0) is 9.53 Å². The van der Waals surface area contributed by atoms with Gasteiger partial charge in [-0.3, -0.25) is 4.79 Å². The van der Waals surface area contributed by atoms with Crippen LogP contribution in [0.2, 0.25) is 0 Å². The Morgan fingerprint density at radius 1 is 1.06 bits per heavy atom. The summed E-state index contributed by atoms with van der Waals surface area (Å²) in [6.07, 6.45) is 1.56. The molecule has 1 fully saturated rings. The van der Waals surface area contributed by atoms with E-state index < -0.39 is 0 Å². The molecule has 0 radical (unpaired) electrons. The van der Waals surface area contributed by atoms with Gasteiger partial charge < -0.3 is 14.4 Å². The number of ether oxygens (including phenoxy) is 2. The fraction of sp³-hybridized carbons (Fsp3) is 0.320. The van der Waals surface area contributed by atoms with Crippen LogP contribution in [0.1, 0.15) is 24.3 Å². The van der Waals surface area contributed by atoms with Crippen molar-refractivity contribution in [3.63, 3.8) is 0 Å². The average Bonchev–Trinajstić information content (AvgIpc) is 3.44. The molecule has 162 valence electrons. The van der Waals surface area contributed by atoms with E-state index in [1.165, 1.54) is 19.2 Å². The van der Waals surface area contributed by atoms with Gasteiger partial charge in [0.25, 0.3) is 0 Å². The molecule has 31 heavy (non-hydrogen) atoms. The number of rotatable bonds is 6. The van der Waals surface area contributed by atoms with Crippen LogP contribution in [0.25, 0.3) is 10.4 Å². The number of halogens is 1. The molecule has 0 aliphatic heterocycles. The van der Waals surface area contributed by atoms with Crippen LogP contribution in [0.5, 0.6) is 5.75 Å². The zero-order valence-electron chi connectivity index (χ0n) is 17.9. The second kappa shape index (κ2) is 9.10. The minimum absolute atomic E-state index is 0.0609. The molecule has 1 aromatic heterocycles. The molecule has 3 atom stereocenters. The molecule has 3 aromatic rings. The lowest BCUT2D eigenvalue weighted by atomic mass is 9.86. The Morgan fingerprint density at radius 3 is 2.42 bits per heavy atom. The average molecular weight is 440 g/mol. The Kier molecular flexibility index (Phi) is 6.28. The van der Waals surface area contributed by atoms with Gasteiger partial charge in [-0.15, -0.1) is 11.3 Å².